The van der Waals surface area contributed by atoms with Crippen LogP contribution in [0.25, 0.3) is 17.3 Å². The third-order valence-electron chi connectivity index (χ3n) is 4.03. The van der Waals surface area contributed by atoms with Gasteiger partial charge in [0, 0.05) is 17.6 Å². The molecule has 0 atom stereocenters. The molecule has 0 aliphatic carbocycles. The fourth-order valence-electron chi connectivity index (χ4n) is 2.63. The van der Waals surface area contributed by atoms with Crippen molar-refractivity contribution < 1.29 is 19.8 Å². The number of nitrogens with zero attached hydrogens (tertiary/aromatic N) is 2. The quantitative estimate of drug-likeness (QED) is 0.673. The van der Waals surface area contributed by atoms with E-state index < -0.39 is 11.9 Å². The summed E-state index contributed by atoms with van der Waals surface area (Å²) < 4.78 is 1.83. The maximum absolute atomic E-state index is 11.0. The van der Waals surface area contributed by atoms with E-state index in [1.54, 1.807) is 30.3 Å². The highest BCUT2D eigenvalue weighted by Crippen LogP contribution is 2.21. The molecule has 3 rings (SSSR count). The molecule has 0 bridgehead atoms. The van der Waals surface area contributed by atoms with E-state index in [1.165, 1.54) is 24.3 Å². The van der Waals surface area contributed by atoms with Gasteiger partial charge in [0.2, 0.25) is 0 Å². The van der Waals surface area contributed by atoms with Crippen molar-refractivity contribution >= 4 is 23.6 Å². The SMILES string of the molecule is N#C/C(=C/c1cccn1-c1ccc(C(=O)O)cc1)c1ccc(C(=O)O)cc1. The van der Waals surface area contributed by atoms with Crippen molar-refractivity contribution in [3.05, 3.63) is 89.2 Å². The van der Waals surface area contributed by atoms with Crippen LogP contribution in [0.5, 0.6) is 0 Å². The number of aromatic carboxylic acids is 2. The second kappa shape index (κ2) is 7.42. The number of carbonyl (C=O) groups is 2. The summed E-state index contributed by atoms with van der Waals surface area (Å²) in [5.41, 5.74) is 2.83. The van der Waals surface area contributed by atoms with Crippen LogP contribution in [-0.4, -0.2) is 26.7 Å². The van der Waals surface area contributed by atoms with Gasteiger partial charge in [-0.15, -0.1) is 0 Å². The molecule has 1 heterocycles. The van der Waals surface area contributed by atoms with Gasteiger partial charge in [0.1, 0.15) is 0 Å². The normalized spacial score (nSPS) is 11.0. The Hall–Kier alpha value is -4.11. The molecule has 1 aromatic heterocycles. The van der Waals surface area contributed by atoms with Gasteiger partial charge in [-0.2, -0.15) is 5.26 Å². The first-order valence-corrected chi connectivity index (χ1v) is 7.96. The summed E-state index contributed by atoms with van der Waals surface area (Å²) in [6, 6.07) is 18.3. The lowest BCUT2D eigenvalue weighted by atomic mass is 10.0. The van der Waals surface area contributed by atoms with E-state index in [2.05, 4.69) is 6.07 Å². The van der Waals surface area contributed by atoms with E-state index in [1.807, 2.05) is 22.9 Å². The number of carboxylic acid groups (broad SMARTS) is 2. The highest BCUT2D eigenvalue weighted by molar-refractivity contribution is 5.92. The van der Waals surface area contributed by atoms with Crippen LogP contribution < -0.4 is 0 Å². The topological polar surface area (TPSA) is 103 Å². The second-order valence-corrected chi connectivity index (χ2v) is 5.71. The van der Waals surface area contributed by atoms with Crippen molar-refractivity contribution in [3.8, 4) is 11.8 Å². The Morgan fingerprint density at radius 2 is 1.37 bits per heavy atom. The summed E-state index contributed by atoms with van der Waals surface area (Å²) in [6.07, 6.45) is 3.50. The molecule has 132 valence electrons. The summed E-state index contributed by atoms with van der Waals surface area (Å²) in [7, 11) is 0. The van der Waals surface area contributed by atoms with Gasteiger partial charge in [0.05, 0.1) is 22.8 Å². The monoisotopic (exact) mass is 358 g/mol. The van der Waals surface area contributed by atoms with Gasteiger partial charge in [0.15, 0.2) is 0 Å². The maximum atomic E-state index is 11.0. The Labute approximate surface area is 154 Å². The second-order valence-electron chi connectivity index (χ2n) is 5.71. The summed E-state index contributed by atoms with van der Waals surface area (Å²) in [5, 5.41) is 27.5. The summed E-state index contributed by atoms with van der Waals surface area (Å²) in [6.45, 7) is 0. The average molecular weight is 358 g/mol. The molecule has 2 aromatic carbocycles. The van der Waals surface area contributed by atoms with Crippen LogP contribution in [0, 0.1) is 11.3 Å². The highest BCUT2D eigenvalue weighted by atomic mass is 16.4. The van der Waals surface area contributed by atoms with E-state index >= 15 is 0 Å². The fourth-order valence-corrected chi connectivity index (χ4v) is 2.63. The first-order chi connectivity index (χ1) is 13.0. The first-order valence-electron chi connectivity index (χ1n) is 7.96. The minimum Gasteiger partial charge on any atom is -0.478 e. The zero-order valence-electron chi connectivity index (χ0n) is 14.0. The molecule has 27 heavy (non-hydrogen) atoms. The van der Waals surface area contributed by atoms with E-state index in [4.69, 9.17) is 10.2 Å². The molecule has 6 nitrogen and oxygen atoms in total. The van der Waals surface area contributed by atoms with Gasteiger partial charge < -0.3 is 14.8 Å². The van der Waals surface area contributed by atoms with Crippen LogP contribution >= 0.6 is 0 Å². The minimum absolute atomic E-state index is 0.151. The highest BCUT2D eigenvalue weighted by Gasteiger charge is 2.08. The molecular formula is C21H14N2O4. The molecule has 0 fully saturated rings. The molecule has 2 N–H and O–H groups in total. The van der Waals surface area contributed by atoms with Gasteiger partial charge in [-0.25, -0.2) is 9.59 Å². The van der Waals surface area contributed by atoms with Gasteiger partial charge in [0.25, 0.3) is 0 Å². The lowest BCUT2D eigenvalue weighted by Gasteiger charge is -2.08. The molecular weight excluding hydrogens is 344 g/mol. The number of benzene rings is 2. The Kier molecular flexibility index (Phi) is 4.86. The van der Waals surface area contributed by atoms with Crippen LogP contribution in [0.15, 0.2) is 66.9 Å². The van der Waals surface area contributed by atoms with Crippen LogP contribution in [-0.2, 0) is 0 Å². The number of aromatic nitrogens is 1. The molecule has 6 heteroatoms. The van der Waals surface area contributed by atoms with Crippen LogP contribution in [0.2, 0.25) is 0 Å². The van der Waals surface area contributed by atoms with Crippen molar-refractivity contribution in [1.82, 2.24) is 4.57 Å². The smallest absolute Gasteiger partial charge is 0.335 e. The van der Waals surface area contributed by atoms with Gasteiger partial charge >= 0.3 is 11.9 Å². The van der Waals surface area contributed by atoms with Crippen LogP contribution in [0.3, 0.4) is 0 Å². The lowest BCUT2D eigenvalue weighted by Crippen LogP contribution is -1.99. The first kappa shape index (κ1) is 17.7. The number of hydrogen-bond donors (Lipinski definition) is 2. The van der Waals surface area contributed by atoms with E-state index in [0.29, 0.717) is 11.1 Å². The molecule has 0 saturated heterocycles. The van der Waals surface area contributed by atoms with E-state index in [0.717, 1.165) is 11.4 Å². The summed E-state index contributed by atoms with van der Waals surface area (Å²) >= 11 is 0. The summed E-state index contributed by atoms with van der Waals surface area (Å²) in [4.78, 5) is 21.9. The molecule has 0 saturated carbocycles. The fraction of sp³-hybridized carbons (Fsp3) is 0. The molecule has 3 aromatic rings. The number of hydrogen-bond acceptors (Lipinski definition) is 3. The number of allylic oxidation sites excluding steroid dienone is 1. The zero-order valence-corrected chi connectivity index (χ0v) is 14.0. The minimum atomic E-state index is -1.03. The Balaban J connectivity index is 1.97. The zero-order chi connectivity index (χ0) is 19.4. The van der Waals surface area contributed by atoms with Crippen molar-refractivity contribution in [2.75, 3.05) is 0 Å². The molecule has 0 unspecified atom stereocenters. The van der Waals surface area contributed by atoms with Crippen molar-refractivity contribution in [2.24, 2.45) is 0 Å². The van der Waals surface area contributed by atoms with Crippen molar-refractivity contribution in [1.29, 1.82) is 5.26 Å². The third-order valence-corrected chi connectivity index (χ3v) is 4.03. The van der Waals surface area contributed by atoms with Gasteiger partial charge in [-0.3, -0.25) is 0 Å². The van der Waals surface area contributed by atoms with E-state index in [9.17, 15) is 14.9 Å². The Morgan fingerprint density at radius 1 is 0.852 bits per heavy atom. The molecule has 0 spiro atoms. The lowest BCUT2D eigenvalue weighted by molar-refractivity contribution is 0.0686. The Bertz CT molecular complexity index is 1070. The standard InChI is InChI=1S/C21H14N2O4/c22-13-17(14-3-5-15(6-4-14)20(24)25)12-19-2-1-11-23(19)18-9-7-16(8-10-18)21(26)27/h1-12H,(H,24,25)(H,26,27)/b17-12-. The van der Waals surface area contributed by atoms with Gasteiger partial charge in [-0.05, 0) is 60.2 Å². The largest absolute Gasteiger partial charge is 0.478 e. The maximum Gasteiger partial charge on any atom is 0.335 e. The van der Waals surface area contributed by atoms with Gasteiger partial charge in [-0.1, -0.05) is 12.1 Å². The van der Waals surface area contributed by atoms with Crippen molar-refractivity contribution in [2.45, 2.75) is 0 Å². The molecule has 0 aliphatic rings. The molecule has 0 amide bonds. The predicted octanol–water partition coefficient (Wildman–Crippen LogP) is 3.94. The van der Waals surface area contributed by atoms with Crippen molar-refractivity contribution in [3.63, 3.8) is 0 Å². The number of rotatable bonds is 5. The third kappa shape index (κ3) is 3.78. The summed E-state index contributed by atoms with van der Waals surface area (Å²) in [5.74, 6) is -2.02. The van der Waals surface area contributed by atoms with E-state index in [-0.39, 0.29) is 11.1 Å². The molecule has 0 aliphatic heterocycles. The number of carboxylic acids is 2. The molecule has 0 radical (unpaired) electrons. The van der Waals surface area contributed by atoms with Crippen LogP contribution in [0.4, 0.5) is 0 Å². The van der Waals surface area contributed by atoms with Crippen LogP contribution in [0.1, 0.15) is 32.0 Å². The Morgan fingerprint density at radius 3 is 1.89 bits per heavy atom. The average Bonchev–Trinajstić information content (AvgIpc) is 3.14. The number of nitriles is 1. The predicted molar refractivity (Wildman–Crippen MR) is 99.6 cm³/mol.